The highest BCUT2D eigenvalue weighted by Crippen LogP contribution is 2.08. The van der Waals surface area contributed by atoms with Crippen LogP contribution in [0.2, 0.25) is 0 Å². The quantitative estimate of drug-likeness (QED) is 0.555. The highest BCUT2D eigenvalue weighted by atomic mass is 16.7. The first-order valence-corrected chi connectivity index (χ1v) is 2.40. The molecule has 0 rings (SSSR count). The molecule has 54 valence electrons. The summed E-state index contributed by atoms with van der Waals surface area (Å²) in [5, 5.41) is 8.38. The van der Waals surface area contributed by atoms with E-state index in [0.29, 0.717) is 0 Å². The van der Waals surface area contributed by atoms with Gasteiger partial charge in [0.05, 0.1) is 0 Å². The molecule has 0 atom stereocenters. The number of carboxylic acid groups (broad SMARTS) is 1. The van der Waals surface area contributed by atoms with E-state index in [1.54, 1.807) is 0 Å². The Labute approximate surface area is 53.4 Å². The summed E-state index contributed by atoms with van der Waals surface area (Å²) in [6.07, 6.45) is 0. The predicted octanol–water partition coefficient (Wildman–Crippen LogP) is 0.0800. The number of aliphatic carboxylic acids is 1. The van der Waals surface area contributed by atoms with Crippen molar-refractivity contribution in [3.8, 4) is 0 Å². The second-order valence-electron chi connectivity index (χ2n) is 1.66. The molecule has 0 aliphatic heterocycles. The van der Waals surface area contributed by atoms with Crippen molar-refractivity contribution in [2.75, 3.05) is 14.2 Å². The van der Waals surface area contributed by atoms with Crippen molar-refractivity contribution in [3.63, 3.8) is 0 Å². The SMILES string of the molecule is COC(C)(OC)C(=O)O. The summed E-state index contributed by atoms with van der Waals surface area (Å²) in [6, 6.07) is 0. The Hall–Kier alpha value is -0.610. The van der Waals surface area contributed by atoms with E-state index in [4.69, 9.17) is 5.11 Å². The Morgan fingerprint density at radius 1 is 1.44 bits per heavy atom. The third kappa shape index (κ3) is 1.65. The molecule has 0 bridgehead atoms. The highest BCUT2D eigenvalue weighted by Gasteiger charge is 2.32. The van der Waals surface area contributed by atoms with Crippen molar-refractivity contribution < 1.29 is 19.4 Å². The van der Waals surface area contributed by atoms with Crippen LogP contribution in [0.15, 0.2) is 0 Å². The van der Waals surface area contributed by atoms with Crippen LogP contribution in [-0.2, 0) is 14.3 Å². The van der Waals surface area contributed by atoms with Gasteiger partial charge in [0.1, 0.15) is 0 Å². The molecule has 0 aliphatic rings. The minimum atomic E-state index is -1.50. The van der Waals surface area contributed by atoms with Gasteiger partial charge in [-0.25, -0.2) is 4.79 Å². The molecule has 0 aromatic carbocycles. The van der Waals surface area contributed by atoms with E-state index in [2.05, 4.69) is 9.47 Å². The van der Waals surface area contributed by atoms with Gasteiger partial charge in [0.2, 0.25) is 0 Å². The molecule has 9 heavy (non-hydrogen) atoms. The van der Waals surface area contributed by atoms with E-state index in [1.807, 2.05) is 0 Å². The van der Waals surface area contributed by atoms with Crippen LogP contribution in [0.5, 0.6) is 0 Å². The lowest BCUT2D eigenvalue weighted by Gasteiger charge is -2.19. The Bertz CT molecular complexity index is 106. The number of rotatable bonds is 3. The van der Waals surface area contributed by atoms with Gasteiger partial charge in [-0.05, 0) is 0 Å². The average molecular weight is 134 g/mol. The minimum Gasteiger partial charge on any atom is -0.477 e. The van der Waals surface area contributed by atoms with Gasteiger partial charge >= 0.3 is 5.97 Å². The van der Waals surface area contributed by atoms with Crippen molar-refractivity contribution in [1.29, 1.82) is 0 Å². The maximum Gasteiger partial charge on any atom is 0.364 e. The fraction of sp³-hybridized carbons (Fsp3) is 0.800. The average Bonchev–Trinajstić information content (AvgIpc) is 1.86. The van der Waals surface area contributed by atoms with E-state index in [9.17, 15) is 4.79 Å². The smallest absolute Gasteiger partial charge is 0.364 e. The molecular weight excluding hydrogens is 124 g/mol. The minimum absolute atomic E-state index is 1.13. The van der Waals surface area contributed by atoms with Gasteiger partial charge in [-0.1, -0.05) is 0 Å². The normalized spacial score (nSPS) is 11.4. The Morgan fingerprint density at radius 3 is 1.78 bits per heavy atom. The summed E-state index contributed by atoms with van der Waals surface area (Å²) >= 11 is 0. The van der Waals surface area contributed by atoms with E-state index < -0.39 is 11.8 Å². The molecule has 1 N–H and O–H groups in total. The zero-order valence-corrected chi connectivity index (χ0v) is 5.67. The molecular formula is C5H10O4. The standard InChI is InChI=1S/C5H10O4/c1-5(8-2,9-3)4(6)7/h1-3H3,(H,6,7). The van der Waals surface area contributed by atoms with Crippen LogP contribution in [0.25, 0.3) is 0 Å². The number of hydrogen-bond acceptors (Lipinski definition) is 3. The van der Waals surface area contributed by atoms with Gasteiger partial charge in [-0.2, -0.15) is 0 Å². The van der Waals surface area contributed by atoms with E-state index in [1.165, 1.54) is 21.1 Å². The second kappa shape index (κ2) is 2.80. The lowest BCUT2D eigenvalue weighted by atomic mass is 10.3. The first-order valence-electron chi connectivity index (χ1n) is 2.40. The molecule has 4 heteroatoms. The summed E-state index contributed by atoms with van der Waals surface area (Å²) in [7, 11) is 2.55. The summed E-state index contributed by atoms with van der Waals surface area (Å²) in [5.41, 5.74) is 0. The number of methoxy groups -OCH3 is 2. The Morgan fingerprint density at radius 2 is 1.78 bits per heavy atom. The fourth-order valence-corrected chi connectivity index (χ4v) is 0.258. The largest absolute Gasteiger partial charge is 0.477 e. The summed E-state index contributed by atoms with van der Waals surface area (Å²) in [4.78, 5) is 10.2. The maximum atomic E-state index is 10.2. The predicted molar refractivity (Wildman–Crippen MR) is 30.1 cm³/mol. The molecule has 0 saturated carbocycles. The number of carbonyl (C=O) groups is 1. The molecule has 0 amide bonds. The number of carboxylic acids is 1. The van der Waals surface area contributed by atoms with E-state index in [0.717, 1.165) is 0 Å². The number of ether oxygens (including phenoxy) is 2. The van der Waals surface area contributed by atoms with Crippen molar-refractivity contribution in [2.24, 2.45) is 0 Å². The molecule has 0 unspecified atom stereocenters. The van der Waals surface area contributed by atoms with Gasteiger partial charge in [0.25, 0.3) is 5.79 Å². The maximum absolute atomic E-state index is 10.2. The van der Waals surface area contributed by atoms with Crippen molar-refractivity contribution >= 4 is 5.97 Å². The van der Waals surface area contributed by atoms with Crippen LogP contribution in [0, 0.1) is 0 Å². The van der Waals surface area contributed by atoms with Crippen LogP contribution >= 0.6 is 0 Å². The van der Waals surface area contributed by atoms with E-state index in [-0.39, 0.29) is 0 Å². The van der Waals surface area contributed by atoms with Crippen LogP contribution < -0.4 is 0 Å². The first-order chi connectivity index (χ1) is 4.06. The monoisotopic (exact) mass is 134 g/mol. The van der Waals surface area contributed by atoms with Gasteiger partial charge in [-0.15, -0.1) is 0 Å². The molecule has 0 aromatic rings. The molecule has 0 heterocycles. The van der Waals surface area contributed by atoms with E-state index >= 15 is 0 Å². The van der Waals surface area contributed by atoms with Crippen LogP contribution in [0.1, 0.15) is 6.92 Å². The van der Waals surface area contributed by atoms with Crippen LogP contribution in [0.4, 0.5) is 0 Å². The Balaban J connectivity index is 4.09. The zero-order chi connectivity index (χ0) is 7.49. The van der Waals surface area contributed by atoms with Gasteiger partial charge in [-0.3, -0.25) is 0 Å². The third-order valence-electron chi connectivity index (χ3n) is 1.17. The Kier molecular flexibility index (Phi) is 2.61. The summed E-state index contributed by atoms with van der Waals surface area (Å²) in [6.45, 7) is 1.33. The molecule has 0 saturated heterocycles. The van der Waals surface area contributed by atoms with Gasteiger partial charge < -0.3 is 14.6 Å². The van der Waals surface area contributed by atoms with Crippen molar-refractivity contribution in [3.05, 3.63) is 0 Å². The summed E-state index contributed by atoms with van der Waals surface area (Å²) in [5.74, 6) is -2.63. The lowest BCUT2D eigenvalue weighted by molar-refractivity contribution is -0.217. The molecule has 0 fully saturated rings. The van der Waals surface area contributed by atoms with Crippen LogP contribution in [-0.4, -0.2) is 31.1 Å². The van der Waals surface area contributed by atoms with Crippen LogP contribution in [0.3, 0.4) is 0 Å². The van der Waals surface area contributed by atoms with Crippen molar-refractivity contribution in [2.45, 2.75) is 12.7 Å². The first kappa shape index (κ1) is 8.39. The number of hydrogen-bond donors (Lipinski definition) is 1. The lowest BCUT2D eigenvalue weighted by Crippen LogP contribution is -2.39. The third-order valence-corrected chi connectivity index (χ3v) is 1.17. The molecule has 0 aliphatic carbocycles. The molecule has 0 aromatic heterocycles. The molecule has 0 radical (unpaired) electrons. The fourth-order valence-electron chi connectivity index (χ4n) is 0.258. The topological polar surface area (TPSA) is 55.8 Å². The second-order valence-corrected chi connectivity index (χ2v) is 1.66. The van der Waals surface area contributed by atoms with Crippen molar-refractivity contribution in [1.82, 2.24) is 0 Å². The summed E-state index contributed by atoms with van der Waals surface area (Å²) < 4.78 is 9.05. The molecule has 0 spiro atoms. The van der Waals surface area contributed by atoms with Gasteiger partial charge in [0, 0.05) is 21.1 Å². The highest BCUT2D eigenvalue weighted by molar-refractivity contribution is 5.74. The molecule has 4 nitrogen and oxygen atoms in total. The zero-order valence-electron chi connectivity index (χ0n) is 5.67. The van der Waals surface area contributed by atoms with Gasteiger partial charge in [0.15, 0.2) is 0 Å².